The standard InChI is InChI=1S/C12H20BrN3/c1-6-7-14-10-9(13)8(2)15-11(16-10)12(3,4)5/h6-7H2,1-5H3,(H,14,15,16). The second-order valence-electron chi connectivity index (χ2n) is 4.97. The molecule has 0 spiro atoms. The Bertz CT molecular complexity index is 369. The van der Waals surface area contributed by atoms with E-state index in [1.807, 2.05) is 6.92 Å². The van der Waals surface area contributed by atoms with E-state index < -0.39 is 0 Å². The molecule has 0 aliphatic heterocycles. The van der Waals surface area contributed by atoms with Crippen molar-refractivity contribution in [3.05, 3.63) is 16.0 Å². The van der Waals surface area contributed by atoms with E-state index in [0.29, 0.717) is 0 Å². The molecular weight excluding hydrogens is 266 g/mol. The molecule has 90 valence electrons. The highest BCUT2D eigenvalue weighted by Crippen LogP contribution is 2.27. The van der Waals surface area contributed by atoms with E-state index in [2.05, 4.69) is 58.9 Å². The minimum Gasteiger partial charge on any atom is -0.369 e. The first-order chi connectivity index (χ1) is 7.36. The third-order valence-electron chi connectivity index (χ3n) is 2.23. The van der Waals surface area contributed by atoms with Crippen molar-refractivity contribution in [3.63, 3.8) is 0 Å². The maximum atomic E-state index is 4.57. The quantitative estimate of drug-likeness (QED) is 0.921. The number of aromatic nitrogens is 2. The molecule has 0 amide bonds. The number of aryl methyl sites for hydroxylation is 1. The molecule has 1 N–H and O–H groups in total. The Morgan fingerprint density at radius 2 is 1.88 bits per heavy atom. The van der Waals surface area contributed by atoms with E-state index >= 15 is 0 Å². The SMILES string of the molecule is CCCNc1nc(C(C)(C)C)nc(C)c1Br. The van der Waals surface area contributed by atoms with Gasteiger partial charge >= 0.3 is 0 Å². The van der Waals surface area contributed by atoms with Gasteiger partial charge in [-0.15, -0.1) is 0 Å². The topological polar surface area (TPSA) is 37.8 Å². The number of nitrogens with zero attached hydrogens (tertiary/aromatic N) is 2. The Morgan fingerprint density at radius 3 is 2.38 bits per heavy atom. The molecule has 1 aromatic rings. The number of anilines is 1. The van der Waals surface area contributed by atoms with Crippen LogP contribution >= 0.6 is 15.9 Å². The molecule has 0 fully saturated rings. The molecule has 0 aliphatic rings. The fourth-order valence-electron chi connectivity index (χ4n) is 1.26. The van der Waals surface area contributed by atoms with E-state index in [4.69, 9.17) is 0 Å². The Hall–Kier alpha value is -0.640. The third-order valence-corrected chi connectivity index (χ3v) is 3.18. The van der Waals surface area contributed by atoms with Gasteiger partial charge in [-0.3, -0.25) is 0 Å². The first-order valence-corrected chi connectivity index (χ1v) is 6.44. The predicted octanol–water partition coefficient (Wildman–Crippen LogP) is 3.67. The second-order valence-corrected chi connectivity index (χ2v) is 5.76. The van der Waals surface area contributed by atoms with Crippen LogP contribution in [0.2, 0.25) is 0 Å². The van der Waals surface area contributed by atoms with Crippen molar-refractivity contribution < 1.29 is 0 Å². The summed E-state index contributed by atoms with van der Waals surface area (Å²) in [6.45, 7) is 11.4. The minimum absolute atomic E-state index is 0.0197. The number of rotatable bonds is 3. The third kappa shape index (κ3) is 3.17. The Balaban J connectivity index is 3.12. The Labute approximate surface area is 106 Å². The lowest BCUT2D eigenvalue weighted by molar-refractivity contribution is 0.543. The zero-order valence-corrected chi connectivity index (χ0v) is 12.3. The molecule has 1 rings (SSSR count). The summed E-state index contributed by atoms with van der Waals surface area (Å²) >= 11 is 3.52. The summed E-state index contributed by atoms with van der Waals surface area (Å²) in [6, 6.07) is 0. The summed E-state index contributed by atoms with van der Waals surface area (Å²) in [5.74, 6) is 1.78. The second kappa shape index (κ2) is 5.13. The van der Waals surface area contributed by atoms with E-state index in [1.54, 1.807) is 0 Å². The van der Waals surface area contributed by atoms with Crippen LogP contribution in [0.1, 0.15) is 45.6 Å². The van der Waals surface area contributed by atoms with Crippen LogP contribution in [0.15, 0.2) is 4.47 Å². The van der Waals surface area contributed by atoms with Crippen LogP contribution in [0.5, 0.6) is 0 Å². The maximum absolute atomic E-state index is 4.57. The molecule has 0 aromatic carbocycles. The average molecular weight is 286 g/mol. The molecule has 4 heteroatoms. The molecule has 1 aromatic heterocycles. The van der Waals surface area contributed by atoms with Crippen molar-refractivity contribution >= 4 is 21.7 Å². The molecule has 0 saturated carbocycles. The van der Waals surface area contributed by atoms with Gasteiger partial charge in [0.1, 0.15) is 11.6 Å². The van der Waals surface area contributed by atoms with Crippen molar-refractivity contribution in [2.75, 3.05) is 11.9 Å². The van der Waals surface area contributed by atoms with Gasteiger partial charge in [0, 0.05) is 12.0 Å². The normalized spacial score (nSPS) is 11.6. The van der Waals surface area contributed by atoms with Gasteiger partial charge in [-0.05, 0) is 29.3 Å². The van der Waals surface area contributed by atoms with Crippen molar-refractivity contribution in [2.24, 2.45) is 0 Å². The average Bonchev–Trinajstić information content (AvgIpc) is 2.18. The molecule has 0 atom stereocenters. The van der Waals surface area contributed by atoms with Gasteiger partial charge in [0.25, 0.3) is 0 Å². The lowest BCUT2D eigenvalue weighted by atomic mass is 9.95. The number of nitrogens with one attached hydrogen (secondary N) is 1. The van der Waals surface area contributed by atoms with Gasteiger partial charge in [-0.1, -0.05) is 27.7 Å². The van der Waals surface area contributed by atoms with Crippen molar-refractivity contribution in [1.82, 2.24) is 9.97 Å². The fraction of sp³-hybridized carbons (Fsp3) is 0.667. The smallest absolute Gasteiger partial charge is 0.144 e. The summed E-state index contributed by atoms with van der Waals surface area (Å²) in [5.41, 5.74) is 0.965. The molecule has 0 bridgehead atoms. The predicted molar refractivity (Wildman–Crippen MR) is 71.9 cm³/mol. The van der Waals surface area contributed by atoms with Gasteiger partial charge in [0.15, 0.2) is 0 Å². The largest absolute Gasteiger partial charge is 0.369 e. The van der Waals surface area contributed by atoms with Gasteiger partial charge in [0.2, 0.25) is 0 Å². The van der Waals surface area contributed by atoms with E-state index in [1.165, 1.54) is 0 Å². The van der Waals surface area contributed by atoms with Crippen LogP contribution < -0.4 is 5.32 Å². The van der Waals surface area contributed by atoms with Gasteiger partial charge in [-0.2, -0.15) is 0 Å². The highest BCUT2D eigenvalue weighted by Gasteiger charge is 2.20. The number of hydrogen-bond donors (Lipinski definition) is 1. The zero-order valence-electron chi connectivity index (χ0n) is 10.7. The summed E-state index contributed by atoms with van der Waals surface area (Å²) in [6.07, 6.45) is 1.08. The molecule has 0 unspecified atom stereocenters. The van der Waals surface area contributed by atoms with Crippen LogP contribution in [0.3, 0.4) is 0 Å². The summed E-state index contributed by atoms with van der Waals surface area (Å²) in [7, 11) is 0. The molecule has 0 aliphatic carbocycles. The van der Waals surface area contributed by atoms with Crippen molar-refractivity contribution in [2.45, 2.75) is 46.5 Å². The van der Waals surface area contributed by atoms with Gasteiger partial charge < -0.3 is 5.32 Å². The molecule has 3 nitrogen and oxygen atoms in total. The first kappa shape index (κ1) is 13.4. The van der Waals surface area contributed by atoms with Crippen LogP contribution in [-0.2, 0) is 5.41 Å². The summed E-state index contributed by atoms with van der Waals surface area (Å²) in [4.78, 5) is 9.09. The molecule has 16 heavy (non-hydrogen) atoms. The zero-order chi connectivity index (χ0) is 12.3. The number of hydrogen-bond acceptors (Lipinski definition) is 3. The Morgan fingerprint density at radius 1 is 1.25 bits per heavy atom. The molecular formula is C12H20BrN3. The van der Waals surface area contributed by atoms with Crippen LogP contribution in [0.25, 0.3) is 0 Å². The van der Waals surface area contributed by atoms with E-state index in [-0.39, 0.29) is 5.41 Å². The van der Waals surface area contributed by atoms with E-state index in [0.717, 1.165) is 34.8 Å². The Kier molecular flexibility index (Phi) is 4.30. The van der Waals surface area contributed by atoms with Crippen LogP contribution in [0, 0.1) is 6.92 Å². The molecule has 0 saturated heterocycles. The first-order valence-electron chi connectivity index (χ1n) is 5.64. The van der Waals surface area contributed by atoms with Gasteiger partial charge in [0.05, 0.1) is 10.2 Å². The molecule has 1 heterocycles. The monoisotopic (exact) mass is 285 g/mol. The van der Waals surface area contributed by atoms with Gasteiger partial charge in [-0.25, -0.2) is 9.97 Å². The number of halogens is 1. The summed E-state index contributed by atoms with van der Waals surface area (Å²) in [5, 5.41) is 3.32. The fourth-order valence-corrected chi connectivity index (χ4v) is 1.57. The molecule has 0 radical (unpaired) electrons. The minimum atomic E-state index is -0.0197. The van der Waals surface area contributed by atoms with Crippen LogP contribution in [-0.4, -0.2) is 16.5 Å². The maximum Gasteiger partial charge on any atom is 0.144 e. The van der Waals surface area contributed by atoms with Crippen molar-refractivity contribution in [1.29, 1.82) is 0 Å². The lowest BCUT2D eigenvalue weighted by Gasteiger charge is -2.19. The highest BCUT2D eigenvalue weighted by molar-refractivity contribution is 9.10. The lowest BCUT2D eigenvalue weighted by Crippen LogP contribution is -2.18. The van der Waals surface area contributed by atoms with E-state index in [9.17, 15) is 0 Å². The highest BCUT2D eigenvalue weighted by atomic mass is 79.9. The van der Waals surface area contributed by atoms with Crippen molar-refractivity contribution in [3.8, 4) is 0 Å². The van der Waals surface area contributed by atoms with Crippen LogP contribution in [0.4, 0.5) is 5.82 Å². The summed E-state index contributed by atoms with van der Waals surface area (Å²) < 4.78 is 0.967.